The molecule has 75 heavy (non-hydrogen) atoms. The van der Waals surface area contributed by atoms with Crippen LogP contribution in [0.4, 0.5) is 11.4 Å². The predicted octanol–water partition coefficient (Wildman–Crippen LogP) is 7.96. The van der Waals surface area contributed by atoms with Crippen LogP contribution in [0.15, 0.2) is 60.1 Å². The summed E-state index contributed by atoms with van der Waals surface area (Å²) in [6, 6.07) is 16.7. The van der Waals surface area contributed by atoms with Crippen LogP contribution in [-0.4, -0.2) is 139 Å². The number of H-pyrrole nitrogens is 1. The number of anilines is 1. The van der Waals surface area contributed by atoms with E-state index in [4.69, 9.17) is 20.8 Å². The number of benzene rings is 3. The zero-order valence-corrected chi connectivity index (χ0v) is 45.2. The molecule has 8 rings (SSSR count). The van der Waals surface area contributed by atoms with Gasteiger partial charge in [0, 0.05) is 97.7 Å². The van der Waals surface area contributed by atoms with Crippen molar-refractivity contribution in [1.29, 1.82) is 0 Å². The number of rotatable bonds is 21. The van der Waals surface area contributed by atoms with E-state index in [2.05, 4.69) is 57.9 Å². The van der Waals surface area contributed by atoms with Gasteiger partial charge in [0.05, 0.1) is 80.4 Å². The van der Waals surface area contributed by atoms with Crippen LogP contribution in [0.3, 0.4) is 0 Å². The number of amides is 3. The number of hydrogen-bond donors (Lipinski definition) is 3. The lowest BCUT2D eigenvalue weighted by Crippen LogP contribution is -2.50. The predicted molar refractivity (Wildman–Crippen MR) is 289 cm³/mol. The Bertz CT molecular complexity index is 2940. The van der Waals surface area contributed by atoms with Gasteiger partial charge in [0.1, 0.15) is 11.8 Å². The van der Waals surface area contributed by atoms with E-state index in [0.29, 0.717) is 57.3 Å². The molecule has 0 saturated carbocycles. The Morgan fingerprint density at radius 3 is 2.27 bits per heavy atom. The largest absolute Gasteiger partial charge is 0.391 e. The average Bonchev–Trinajstić information content (AvgIpc) is 4.17. The molecule has 5 aromatic rings. The summed E-state index contributed by atoms with van der Waals surface area (Å²) in [7, 11) is 0. The molecule has 2 aliphatic heterocycles. The Hall–Kier alpha value is -6.29. The molecule has 0 unspecified atom stereocenters. The molecular formula is C58H71N7O9S. The van der Waals surface area contributed by atoms with E-state index < -0.39 is 28.9 Å². The van der Waals surface area contributed by atoms with Crippen molar-refractivity contribution < 1.29 is 43.3 Å². The number of ketones is 2. The quantitative estimate of drug-likeness (QED) is 0.0478. The van der Waals surface area contributed by atoms with E-state index in [1.807, 2.05) is 74.5 Å². The minimum absolute atomic E-state index is 0.00136. The minimum Gasteiger partial charge on any atom is -0.391 e. The van der Waals surface area contributed by atoms with Crippen LogP contribution < -0.4 is 10.2 Å². The smallest absolute Gasteiger partial charge is 0.243 e. The van der Waals surface area contributed by atoms with Crippen molar-refractivity contribution in [3.63, 3.8) is 0 Å². The first-order chi connectivity index (χ1) is 35.9. The summed E-state index contributed by atoms with van der Waals surface area (Å²) in [4.78, 5) is 86.2. The van der Waals surface area contributed by atoms with Crippen LogP contribution in [0.2, 0.25) is 0 Å². The maximum Gasteiger partial charge on any atom is 0.243 e. The highest BCUT2D eigenvalue weighted by molar-refractivity contribution is 7.13. The Morgan fingerprint density at radius 1 is 0.947 bits per heavy atom. The first kappa shape index (κ1) is 55.0. The number of carbonyl (C=O) groups excluding carboxylic acids is 5. The van der Waals surface area contributed by atoms with E-state index >= 15 is 0 Å². The molecule has 3 aliphatic rings. The van der Waals surface area contributed by atoms with Gasteiger partial charge < -0.3 is 44.3 Å². The highest BCUT2D eigenvalue weighted by Gasteiger charge is 2.45. The number of fused-ring (bicyclic) bond motifs is 4. The number of hydrogen-bond acceptors (Lipinski definition) is 12. The maximum absolute atomic E-state index is 14.1. The molecule has 2 fully saturated rings. The monoisotopic (exact) mass is 1040 g/mol. The Labute approximate surface area is 443 Å². The van der Waals surface area contributed by atoms with E-state index in [-0.39, 0.29) is 87.9 Å². The van der Waals surface area contributed by atoms with Gasteiger partial charge >= 0.3 is 0 Å². The zero-order valence-electron chi connectivity index (χ0n) is 44.4. The number of Topliss-reactive ketones (excluding diaryl/α,β-unsaturated/α-hetero) is 1. The molecule has 4 heterocycles. The van der Waals surface area contributed by atoms with Crippen molar-refractivity contribution in [1.82, 2.24) is 25.1 Å². The average molecular weight is 1040 g/mol. The van der Waals surface area contributed by atoms with Crippen molar-refractivity contribution in [2.24, 2.45) is 11.3 Å². The molecule has 16 nitrogen and oxygen atoms in total. The number of β-amino-alcohol motifs (C(OH)–C–C–N with tert-alkyl or cyclic N) is 1. The fourth-order valence-electron chi connectivity index (χ4n) is 10.6. The van der Waals surface area contributed by atoms with Crippen LogP contribution in [0, 0.1) is 24.8 Å². The molecule has 17 heteroatoms. The SMILES string of the molecule is [C-]#[N+]c1ccc2c3c([nH]c2c1)C(C)(C)c1cc(N2CCN(C(=O)CCOCCOCCOCCC(=O)C[C@H](C(=O)N4C[C@H](O)C[C@H]4C(=O)NCc4ccc(-c5scnc5C)cc4)C(C)(C)C)CC2)c(CC)cc1C3=O. The first-order valence-electron chi connectivity index (χ1n) is 26.2. The van der Waals surface area contributed by atoms with Crippen molar-refractivity contribution in [2.75, 3.05) is 77.3 Å². The molecule has 398 valence electrons. The van der Waals surface area contributed by atoms with Gasteiger partial charge in [-0.3, -0.25) is 24.0 Å². The van der Waals surface area contributed by atoms with Gasteiger partial charge in [-0.25, -0.2) is 9.83 Å². The zero-order chi connectivity index (χ0) is 53.6. The summed E-state index contributed by atoms with van der Waals surface area (Å²) >= 11 is 1.58. The molecule has 3 amide bonds. The molecule has 3 aromatic carbocycles. The number of aromatic amines is 1. The number of piperazine rings is 1. The summed E-state index contributed by atoms with van der Waals surface area (Å²) < 4.78 is 17.1. The summed E-state index contributed by atoms with van der Waals surface area (Å²) in [5.41, 5.74) is 10.4. The third kappa shape index (κ3) is 12.4. The molecule has 0 spiro atoms. The summed E-state index contributed by atoms with van der Waals surface area (Å²) in [5.74, 6) is -1.45. The van der Waals surface area contributed by atoms with Crippen molar-refractivity contribution in [2.45, 2.75) is 105 Å². The lowest BCUT2D eigenvalue weighted by molar-refractivity contribution is -0.146. The Morgan fingerprint density at radius 2 is 1.63 bits per heavy atom. The number of ether oxygens (including phenoxy) is 3. The van der Waals surface area contributed by atoms with Gasteiger partial charge in [0.25, 0.3) is 0 Å². The molecular weight excluding hydrogens is 971 g/mol. The van der Waals surface area contributed by atoms with Gasteiger partial charge in [-0.05, 0) is 59.2 Å². The summed E-state index contributed by atoms with van der Waals surface area (Å²) in [6.45, 7) is 26.0. The van der Waals surface area contributed by atoms with Crippen LogP contribution >= 0.6 is 11.3 Å². The molecule has 2 aromatic heterocycles. The summed E-state index contributed by atoms with van der Waals surface area (Å²) in [6.07, 6.45) is 0.413. The fourth-order valence-corrected chi connectivity index (χ4v) is 11.5. The van der Waals surface area contributed by atoms with Crippen molar-refractivity contribution >= 4 is 62.9 Å². The third-order valence-corrected chi connectivity index (χ3v) is 16.0. The van der Waals surface area contributed by atoms with Crippen LogP contribution in [0.5, 0.6) is 0 Å². The lowest BCUT2D eigenvalue weighted by Gasteiger charge is -2.39. The number of likely N-dealkylation sites (tertiary alicyclic amines) is 1. The normalized spacial score (nSPS) is 17.7. The van der Waals surface area contributed by atoms with E-state index in [9.17, 15) is 29.1 Å². The number of thiazole rings is 1. The molecule has 1 aliphatic carbocycles. The number of aryl methyl sites for hydroxylation is 2. The van der Waals surface area contributed by atoms with Gasteiger partial charge in [-0.1, -0.05) is 77.9 Å². The number of carbonyl (C=O) groups is 5. The number of nitrogens with one attached hydrogen (secondary N) is 2. The van der Waals surface area contributed by atoms with Gasteiger partial charge in [0.15, 0.2) is 11.5 Å². The van der Waals surface area contributed by atoms with Gasteiger partial charge in [-0.2, -0.15) is 0 Å². The Balaban J connectivity index is 0.703. The third-order valence-electron chi connectivity index (χ3n) is 15.1. The second kappa shape index (κ2) is 23.7. The van der Waals surface area contributed by atoms with Crippen LogP contribution in [-0.2, 0) is 51.8 Å². The molecule has 3 atom stereocenters. The van der Waals surface area contributed by atoms with Crippen molar-refractivity contribution in [3.8, 4) is 10.4 Å². The van der Waals surface area contributed by atoms with Gasteiger partial charge in [0.2, 0.25) is 17.7 Å². The van der Waals surface area contributed by atoms with E-state index in [1.54, 1.807) is 17.4 Å². The summed E-state index contributed by atoms with van der Waals surface area (Å²) in [5, 5.41) is 14.4. The molecule has 0 bridgehead atoms. The second-order valence-electron chi connectivity index (χ2n) is 21.5. The highest BCUT2D eigenvalue weighted by atomic mass is 32.1. The molecule has 3 N–H and O–H groups in total. The molecule has 0 radical (unpaired) electrons. The topological polar surface area (TPSA) is 188 Å². The number of aromatic nitrogens is 2. The number of aliphatic hydroxyl groups is 1. The number of aliphatic hydroxyl groups excluding tert-OH is 1. The molecule has 2 saturated heterocycles. The maximum atomic E-state index is 14.1. The second-order valence-corrected chi connectivity index (χ2v) is 22.3. The highest BCUT2D eigenvalue weighted by Crippen LogP contribution is 2.46. The van der Waals surface area contributed by atoms with Gasteiger partial charge in [-0.15, -0.1) is 11.3 Å². The van der Waals surface area contributed by atoms with Crippen LogP contribution in [0.1, 0.15) is 111 Å². The minimum atomic E-state index is -0.846. The first-order valence-corrected chi connectivity index (χ1v) is 27.1. The van der Waals surface area contributed by atoms with E-state index in [1.165, 1.54) is 4.90 Å². The fraction of sp³-hybridized carbons (Fsp3) is 0.500. The lowest BCUT2D eigenvalue weighted by atomic mass is 9.70. The number of nitrogens with zero attached hydrogens (tertiary/aromatic N) is 5. The standard InChI is InChI=1S/C58H71N7O9S/c1-9-38-28-44-45(58(6,7)54-51(52(44)69)43-15-14-40(59-8)29-47(43)62-54)32-48(38)63-18-20-64(21-19-63)50(68)17-23-73-25-27-74-26-24-72-22-16-41(66)30-46(57(3,4)5)56(71)65-34-42(67)31-49(65)55(70)60-33-37-10-12-39(13-11-37)53-36(2)61-35-75-53/h10-15,28-29,32,35,42,46,49,62,67H,9,16-27,30-31,33-34H2,1-7H3,(H,60,70)/t42-,46-,49+/m1/s1. The van der Waals surface area contributed by atoms with E-state index in [0.717, 1.165) is 67.1 Å². The van der Waals surface area contributed by atoms with Crippen molar-refractivity contribution in [3.05, 3.63) is 111 Å². The Kier molecular flexibility index (Phi) is 17.4. The van der Waals surface area contributed by atoms with Crippen LogP contribution in [0.25, 0.3) is 26.2 Å².